The van der Waals surface area contributed by atoms with Gasteiger partial charge in [-0.1, -0.05) is 36.2 Å². The van der Waals surface area contributed by atoms with Crippen molar-refractivity contribution < 1.29 is 4.79 Å². The second-order valence-electron chi connectivity index (χ2n) is 7.18. The lowest BCUT2D eigenvalue weighted by atomic mass is 9.88. The van der Waals surface area contributed by atoms with Crippen molar-refractivity contribution in [3.8, 4) is 0 Å². The van der Waals surface area contributed by atoms with E-state index in [2.05, 4.69) is 41.4 Å². The quantitative estimate of drug-likeness (QED) is 0.925. The standard InChI is InChI=1S/C18H24N2O/c1-12-3-2-4-15(7-12)18-19-10-17(21)20(18)11-16-9-13-5-6-14(16)8-13/h2-4,7,13-14,16,18-19H,5-6,8-11H2,1H3. The molecule has 112 valence electrons. The Balaban J connectivity index is 1.53. The van der Waals surface area contributed by atoms with E-state index in [0.29, 0.717) is 6.54 Å². The number of hydrogen-bond acceptors (Lipinski definition) is 2. The fourth-order valence-corrected chi connectivity index (χ4v) is 4.74. The Morgan fingerprint density at radius 2 is 2.19 bits per heavy atom. The highest BCUT2D eigenvalue weighted by Gasteiger charge is 2.42. The lowest BCUT2D eigenvalue weighted by Gasteiger charge is -2.31. The van der Waals surface area contributed by atoms with E-state index in [9.17, 15) is 4.79 Å². The minimum absolute atomic E-state index is 0.0801. The summed E-state index contributed by atoms with van der Waals surface area (Å²) in [4.78, 5) is 14.4. The third-order valence-electron chi connectivity index (χ3n) is 5.75. The van der Waals surface area contributed by atoms with E-state index < -0.39 is 0 Å². The summed E-state index contributed by atoms with van der Waals surface area (Å²) in [6, 6.07) is 8.53. The van der Waals surface area contributed by atoms with Crippen molar-refractivity contribution in [2.75, 3.05) is 13.1 Å². The normalized spacial score (nSPS) is 34.9. The molecular formula is C18H24N2O. The second kappa shape index (κ2) is 5.13. The molecule has 0 radical (unpaired) electrons. The lowest BCUT2D eigenvalue weighted by molar-refractivity contribution is -0.128. The van der Waals surface area contributed by atoms with Gasteiger partial charge < -0.3 is 4.90 Å². The average Bonchev–Trinajstić information content (AvgIpc) is 3.16. The van der Waals surface area contributed by atoms with E-state index in [0.717, 1.165) is 24.3 Å². The summed E-state index contributed by atoms with van der Waals surface area (Å²) in [5.41, 5.74) is 2.48. The Labute approximate surface area is 126 Å². The number of nitrogens with one attached hydrogen (secondary N) is 1. The Morgan fingerprint density at radius 1 is 1.29 bits per heavy atom. The Bertz CT molecular complexity index is 556. The molecule has 3 nitrogen and oxygen atoms in total. The fraction of sp³-hybridized carbons (Fsp3) is 0.611. The molecule has 2 saturated carbocycles. The van der Waals surface area contributed by atoms with E-state index in [1.54, 1.807) is 0 Å². The van der Waals surface area contributed by atoms with Gasteiger partial charge >= 0.3 is 0 Å². The van der Waals surface area contributed by atoms with Crippen LogP contribution in [-0.2, 0) is 4.79 Å². The van der Waals surface area contributed by atoms with Gasteiger partial charge in [0.05, 0.1) is 6.54 Å². The van der Waals surface area contributed by atoms with Gasteiger partial charge in [0.25, 0.3) is 0 Å². The number of hydrogen-bond donors (Lipinski definition) is 1. The van der Waals surface area contributed by atoms with Crippen LogP contribution in [0.1, 0.15) is 43.0 Å². The van der Waals surface area contributed by atoms with Crippen LogP contribution in [0.2, 0.25) is 0 Å². The summed E-state index contributed by atoms with van der Waals surface area (Å²) >= 11 is 0. The Kier molecular flexibility index (Phi) is 3.26. The summed E-state index contributed by atoms with van der Waals surface area (Å²) in [6.07, 6.45) is 5.65. The molecule has 1 aliphatic heterocycles. The molecule has 2 bridgehead atoms. The first kappa shape index (κ1) is 13.3. The summed E-state index contributed by atoms with van der Waals surface area (Å²) in [6.45, 7) is 3.55. The molecule has 1 N–H and O–H groups in total. The smallest absolute Gasteiger partial charge is 0.238 e. The molecule has 1 saturated heterocycles. The van der Waals surface area contributed by atoms with Crippen LogP contribution in [0.25, 0.3) is 0 Å². The van der Waals surface area contributed by atoms with Crippen LogP contribution < -0.4 is 5.32 Å². The van der Waals surface area contributed by atoms with Crippen LogP contribution in [-0.4, -0.2) is 23.9 Å². The Morgan fingerprint density at radius 3 is 2.90 bits per heavy atom. The molecule has 21 heavy (non-hydrogen) atoms. The second-order valence-corrected chi connectivity index (χ2v) is 7.18. The molecule has 1 aromatic carbocycles. The molecule has 1 aromatic rings. The first-order chi connectivity index (χ1) is 10.2. The van der Waals surface area contributed by atoms with Crippen molar-refractivity contribution in [3.05, 3.63) is 35.4 Å². The van der Waals surface area contributed by atoms with E-state index in [1.807, 2.05) is 0 Å². The van der Waals surface area contributed by atoms with Gasteiger partial charge in [0.15, 0.2) is 0 Å². The first-order valence-corrected chi connectivity index (χ1v) is 8.30. The molecule has 1 amide bonds. The minimum atomic E-state index is 0.0801. The van der Waals surface area contributed by atoms with Crippen LogP contribution in [0.3, 0.4) is 0 Å². The van der Waals surface area contributed by atoms with Gasteiger partial charge in [0.1, 0.15) is 6.17 Å². The van der Waals surface area contributed by atoms with Crippen LogP contribution in [0, 0.1) is 24.7 Å². The maximum atomic E-state index is 12.3. The summed E-state index contributed by atoms with van der Waals surface area (Å²) in [5.74, 6) is 2.83. The molecule has 2 aliphatic carbocycles. The van der Waals surface area contributed by atoms with E-state index in [-0.39, 0.29) is 12.1 Å². The summed E-state index contributed by atoms with van der Waals surface area (Å²) < 4.78 is 0. The monoisotopic (exact) mass is 284 g/mol. The van der Waals surface area contributed by atoms with Crippen LogP contribution in [0.15, 0.2) is 24.3 Å². The predicted molar refractivity (Wildman–Crippen MR) is 82.6 cm³/mol. The Hall–Kier alpha value is -1.35. The molecule has 1 heterocycles. The number of carbonyl (C=O) groups excluding carboxylic acids is 1. The highest BCUT2D eigenvalue weighted by atomic mass is 16.2. The number of aryl methyl sites for hydroxylation is 1. The van der Waals surface area contributed by atoms with Gasteiger partial charge in [-0.15, -0.1) is 0 Å². The van der Waals surface area contributed by atoms with Gasteiger partial charge in [-0.3, -0.25) is 10.1 Å². The molecule has 0 spiro atoms. The maximum Gasteiger partial charge on any atom is 0.238 e. The molecule has 3 fully saturated rings. The highest BCUT2D eigenvalue weighted by Crippen LogP contribution is 2.49. The van der Waals surface area contributed by atoms with Crippen LogP contribution >= 0.6 is 0 Å². The van der Waals surface area contributed by atoms with Crippen molar-refractivity contribution in [2.24, 2.45) is 17.8 Å². The number of nitrogens with zero attached hydrogens (tertiary/aromatic N) is 1. The maximum absolute atomic E-state index is 12.3. The van der Waals surface area contributed by atoms with Gasteiger partial charge in [0, 0.05) is 6.54 Å². The third kappa shape index (κ3) is 2.38. The van der Waals surface area contributed by atoms with Crippen molar-refractivity contribution in [1.29, 1.82) is 0 Å². The average molecular weight is 284 g/mol. The van der Waals surface area contributed by atoms with E-state index >= 15 is 0 Å². The topological polar surface area (TPSA) is 32.3 Å². The third-order valence-corrected chi connectivity index (χ3v) is 5.75. The first-order valence-electron chi connectivity index (χ1n) is 8.30. The summed E-state index contributed by atoms with van der Waals surface area (Å²) in [5, 5.41) is 3.39. The number of fused-ring (bicyclic) bond motifs is 2. The minimum Gasteiger partial charge on any atom is -0.322 e. The molecule has 4 unspecified atom stereocenters. The fourth-order valence-electron chi connectivity index (χ4n) is 4.74. The van der Waals surface area contributed by atoms with Crippen molar-refractivity contribution in [3.63, 3.8) is 0 Å². The number of amides is 1. The molecule has 3 heteroatoms. The number of carbonyl (C=O) groups is 1. The lowest BCUT2D eigenvalue weighted by Crippen LogP contribution is -2.36. The van der Waals surface area contributed by atoms with Crippen molar-refractivity contribution in [1.82, 2.24) is 10.2 Å². The SMILES string of the molecule is Cc1cccc(C2NCC(=O)N2CC2CC3CCC2C3)c1. The van der Waals surface area contributed by atoms with Gasteiger partial charge in [-0.05, 0) is 49.5 Å². The van der Waals surface area contributed by atoms with Gasteiger partial charge in [-0.2, -0.15) is 0 Å². The molecule has 3 aliphatic rings. The van der Waals surface area contributed by atoms with Crippen molar-refractivity contribution >= 4 is 5.91 Å². The van der Waals surface area contributed by atoms with E-state index in [4.69, 9.17) is 0 Å². The van der Waals surface area contributed by atoms with E-state index in [1.165, 1.54) is 36.8 Å². The zero-order chi connectivity index (χ0) is 14.4. The molecule has 0 aromatic heterocycles. The van der Waals surface area contributed by atoms with Crippen molar-refractivity contribution in [2.45, 2.75) is 38.8 Å². The predicted octanol–water partition coefficient (Wildman–Crippen LogP) is 2.86. The van der Waals surface area contributed by atoms with Crippen LogP contribution in [0.4, 0.5) is 0 Å². The highest BCUT2D eigenvalue weighted by molar-refractivity contribution is 5.81. The van der Waals surface area contributed by atoms with Gasteiger partial charge in [-0.25, -0.2) is 0 Å². The molecule has 4 rings (SSSR count). The number of rotatable bonds is 3. The van der Waals surface area contributed by atoms with Gasteiger partial charge in [0.2, 0.25) is 5.91 Å². The summed E-state index contributed by atoms with van der Waals surface area (Å²) in [7, 11) is 0. The number of benzene rings is 1. The zero-order valence-electron chi connectivity index (χ0n) is 12.7. The zero-order valence-corrected chi connectivity index (χ0v) is 12.7. The molecule has 4 atom stereocenters. The van der Waals surface area contributed by atoms with Crippen LogP contribution in [0.5, 0.6) is 0 Å². The molecular weight excluding hydrogens is 260 g/mol. The largest absolute Gasteiger partial charge is 0.322 e.